The minimum Gasteiger partial charge on any atom is -0.323 e. The average molecular weight is 345 g/mol. The largest absolute Gasteiger partial charge is 0.323 e. The highest BCUT2D eigenvalue weighted by Crippen LogP contribution is 2.25. The quantitative estimate of drug-likeness (QED) is 0.575. The Hall–Kier alpha value is -2.54. The molecule has 0 atom stereocenters. The third-order valence-corrected chi connectivity index (χ3v) is 4.21. The summed E-state index contributed by atoms with van der Waals surface area (Å²) in [4.78, 5) is 20.7. The van der Waals surface area contributed by atoms with E-state index in [1.54, 1.807) is 6.92 Å². The molecule has 0 aliphatic heterocycles. The fourth-order valence-electron chi connectivity index (χ4n) is 2.18. The van der Waals surface area contributed by atoms with Crippen LogP contribution in [0.4, 0.5) is 14.5 Å². The smallest absolute Gasteiger partial charge is 0.234 e. The maximum Gasteiger partial charge on any atom is 0.234 e. The molecule has 7 heteroatoms. The lowest BCUT2D eigenvalue weighted by Gasteiger charge is -2.08. The van der Waals surface area contributed by atoms with Crippen molar-refractivity contribution >= 4 is 34.3 Å². The topological polar surface area (TPSA) is 54.9 Å². The molecule has 1 amide bonds. The lowest BCUT2D eigenvalue weighted by molar-refractivity contribution is -0.113. The van der Waals surface area contributed by atoms with E-state index < -0.39 is 17.5 Å². The molecule has 122 valence electrons. The molecular formula is C17H13F2N3OS. The number of benzene rings is 2. The number of rotatable bonds is 4. The van der Waals surface area contributed by atoms with E-state index >= 15 is 0 Å². The summed E-state index contributed by atoms with van der Waals surface area (Å²) in [6.07, 6.45) is 0. The molecule has 1 heterocycles. The van der Waals surface area contributed by atoms with Crippen molar-refractivity contribution in [1.29, 1.82) is 0 Å². The highest BCUT2D eigenvalue weighted by Gasteiger charge is 2.11. The van der Waals surface area contributed by atoms with Crippen molar-refractivity contribution in [2.45, 2.75) is 11.9 Å². The summed E-state index contributed by atoms with van der Waals surface area (Å²) in [5, 5.41) is 3.89. The molecule has 24 heavy (non-hydrogen) atoms. The van der Waals surface area contributed by atoms with Gasteiger partial charge >= 0.3 is 0 Å². The van der Waals surface area contributed by atoms with Crippen LogP contribution in [0.2, 0.25) is 0 Å². The maximum absolute atomic E-state index is 13.5. The van der Waals surface area contributed by atoms with E-state index in [9.17, 15) is 13.6 Å². The number of amides is 1. The van der Waals surface area contributed by atoms with E-state index in [1.807, 2.05) is 24.3 Å². The molecule has 0 bridgehead atoms. The lowest BCUT2D eigenvalue weighted by atomic mass is 10.2. The number of carbonyl (C=O) groups is 1. The van der Waals surface area contributed by atoms with E-state index in [0.29, 0.717) is 10.9 Å². The molecule has 0 saturated carbocycles. The third-order valence-electron chi connectivity index (χ3n) is 3.22. The number of aromatic nitrogens is 2. The van der Waals surface area contributed by atoms with Crippen molar-refractivity contribution in [1.82, 2.24) is 9.97 Å². The molecule has 0 aliphatic carbocycles. The van der Waals surface area contributed by atoms with Crippen LogP contribution in [0.1, 0.15) is 5.82 Å². The van der Waals surface area contributed by atoms with Gasteiger partial charge in [0.2, 0.25) is 5.91 Å². The highest BCUT2D eigenvalue weighted by atomic mass is 32.2. The van der Waals surface area contributed by atoms with Crippen LogP contribution in [0.5, 0.6) is 0 Å². The monoisotopic (exact) mass is 345 g/mol. The molecule has 0 fully saturated rings. The highest BCUT2D eigenvalue weighted by molar-refractivity contribution is 8.00. The van der Waals surface area contributed by atoms with Crippen LogP contribution in [0, 0.1) is 18.6 Å². The van der Waals surface area contributed by atoms with Crippen LogP contribution in [0.15, 0.2) is 47.5 Å². The number of thioether (sulfide) groups is 1. The fraction of sp³-hybridized carbons (Fsp3) is 0.118. The summed E-state index contributed by atoms with van der Waals surface area (Å²) >= 11 is 1.22. The maximum atomic E-state index is 13.5. The zero-order valence-electron chi connectivity index (χ0n) is 12.7. The summed E-state index contributed by atoms with van der Waals surface area (Å²) in [6.45, 7) is 1.78. The van der Waals surface area contributed by atoms with Gasteiger partial charge in [0.05, 0.1) is 17.0 Å². The predicted molar refractivity (Wildman–Crippen MR) is 90.0 cm³/mol. The summed E-state index contributed by atoms with van der Waals surface area (Å²) in [5.74, 6) is -1.11. The van der Waals surface area contributed by atoms with E-state index in [2.05, 4.69) is 15.3 Å². The van der Waals surface area contributed by atoms with Crippen LogP contribution >= 0.6 is 11.8 Å². The van der Waals surface area contributed by atoms with Crippen molar-refractivity contribution in [2.75, 3.05) is 11.1 Å². The van der Waals surface area contributed by atoms with Gasteiger partial charge in [0, 0.05) is 11.5 Å². The number of para-hydroxylation sites is 1. The van der Waals surface area contributed by atoms with E-state index in [0.717, 1.165) is 29.1 Å². The average Bonchev–Trinajstić information content (AvgIpc) is 2.56. The van der Waals surface area contributed by atoms with Gasteiger partial charge in [-0.25, -0.2) is 18.7 Å². The summed E-state index contributed by atoms with van der Waals surface area (Å²) < 4.78 is 26.7. The number of nitrogens with zero attached hydrogens (tertiary/aromatic N) is 2. The molecule has 1 aromatic heterocycles. The SMILES string of the molecule is Cc1nc(SCC(=O)Nc2cc(F)ccc2F)c2ccccc2n1. The van der Waals surface area contributed by atoms with Crippen LogP contribution in [0.25, 0.3) is 10.9 Å². The Bertz CT molecular complexity index is 917. The Balaban J connectivity index is 1.74. The first kappa shape index (κ1) is 16.3. The van der Waals surface area contributed by atoms with Gasteiger partial charge in [-0.05, 0) is 25.1 Å². The van der Waals surface area contributed by atoms with Crippen molar-refractivity contribution in [3.8, 4) is 0 Å². The summed E-state index contributed by atoms with van der Waals surface area (Å²) in [6, 6.07) is 10.4. The van der Waals surface area contributed by atoms with Gasteiger partial charge in [0.15, 0.2) is 0 Å². The summed E-state index contributed by atoms with van der Waals surface area (Å²) in [7, 11) is 0. The normalized spacial score (nSPS) is 10.8. The first-order valence-electron chi connectivity index (χ1n) is 7.14. The number of hydrogen-bond acceptors (Lipinski definition) is 4. The van der Waals surface area contributed by atoms with Crippen LogP contribution in [-0.2, 0) is 4.79 Å². The number of hydrogen-bond donors (Lipinski definition) is 1. The molecule has 2 aromatic carbocycles. The summed E-state index contributed by atoms with van der Waals surface area (Å²) in [5.41, 5.74) is 0.619. The Morgan fingerprint density at radius 1 is 1.17 bits per heavy atom. The Morgan fingerprint density at radius 2 is 1.96 bits per heavy atom. The van der Waals surface area contributed by atoms with Gasteiger partial charge in [-0.15, -0.1) is 0 Å². The first-order chi connectivity index (χ1) is 11.5. The Morgan fingerprint density at radius 3 is 2.79 bits per heavy atom. The van der Waals surface area contributed by atoms with Crippen molar-refractivity contribution < 1.29 is 13.6 Å². The second-order valence-electron chi connectivity index (χ2n) is 5.05. The van der Waals surface area contributed by atoms with Crippen LogP contribution in [0.3, 0.4) is 0 Å². The van der Waals surface area contributed by atoms with Crippen LogP contribution < -0.4 is 5.32 Å². The number of carbonyl (C=O) groups excluding carboxylic acids is 1. The number of fused-ring (bicyclic) bond motifs is 1. The molecular weight excluding hydrogens is 332 g/mol. The van der Waals surface area contributed by atoms with Gasteiger partial charge < -0.3 is 5.32 Å². The minimum absolute atomic E-state index is 0.0242. The zero-order chi connectivity index (χ0) is 17.1. The Labute approximate surface area is 141 Å². The van der Waals surface area contributed by atoms with Gasteiger partial charge in [-0.2, -0.15) is 0 Å². The van der Waals surface area contributed by atoms with Gasteiger partial charge in [0.25, 0.3) is 0 Å². The van der Waals surface area contributed by atoms with Crippen molar-refractivity contribution in [3.63, 3.8) is 0 Å². The second-order valence-corrected chi connectivity index (χ2v) is 6.02. The first-order valence-corrected chi connectivity index (χ1v) is 8.12. The van der Waals surface area contributed by atoms with Crippen LogP contribution in [-0.4, -0.2) is 21.6 Å². The van der Waals surface area contributed by atoms with E-state index in [-0.39, 0.29) is 11.4 Å². The van der Waals surface area contributed by atoms with Gasteiger partial charge in [0.1, 0.15) is 22.5 Å². The molecule has 0 aliphatic rings. The Kier molecular flexibility index (Phi) is 4.71. The molecule has 0 saturated heterocycles. The molecule has 0 unspecified atom stereocenters. The van der Waals surface area contributed by atoms with Gasteiger partial charge in [-0.1, -0.05) is 30.0 Å². The lowest BCUT2D eigenvalue weighted by Crippen LogP contribution is -2.15. The van der Waals surface area contributed by atoms with E-state index in [4.69, 9.17) is 0 Å². The second kappa shape index (κ2) is 6.92. The van der Waals surface area contributed by atoms with Gasteiger partial charge in [-0.3, -0.25) is 4.79 Å². The fourth-order valence-corrected chi connectivity index (χ4v) is 3.05. The minimum atomic E-state index is -0.682. The molecule has 1 N–H and O–H groups in total. The third kappa shape index (κ3) is 3.68. The van der Waals surface area contributed by atoms with Crippen molar-refractivity contribution in [2.24, 2.45) is 0 Å². The standard InChI is InChI=1S/C17H13F2N3OS/c1-10-20-14-5-3-2-4-12(14)17(21-10)24-9-16(23)22-15-8-11(18)6-7-13(15)19/h2-8H,9H2,1H3,(H,22,23). The predicted octanol–water partition coefficient (Wildman–Crippen LogP) is 3.95. The molecule has 0 spiro atoms. The number of aryl methyl sites for hydroxylation is 1. The van der Waals surface area contributed by atoms with E-state index in [1.165, 1.54) is 11.8 Å². The number of anilines is 1. The molecule has 3 aromatic rings. The number of halogens is 2. The number of nitrogens with one attached hydrogen (secondary N) is 1. The molecule has 3 rings (SSSR count). The zero-order valence-corrected chi connectivity index (χ0v) is 13.5. The molecule has 4 nitrogen and oxygen atoms in total. The molecule has 0 radical (unpaired) electrons. The van der Waals surface area contributed by atoms with Crippen molar-refractivity contribution in [3.05, 3.63) is 59.9 Å².